The van der Waals surface area contributed by atoms with Gasteiger partial charge in [0, 0.05) is 0 Å². The van der Waals surface area contributed by atoms with Crippen molar-refractivity contribution in [3.05, 3.63) is 42.8 Å². The van der Waals surface area contributed by atoms with Crippen molar-refractivity contribution in [2.75, 3.05) is 11.5 Å². The molecule has 0 saturated heterocycles. The van der Waals surface area contributed by atoms with Crippen LogP contribution in [0.25, 0.3) is 0 Å². The molecule has 15 heteroatoms. The second-order valence-electron chi connectivity index (χ2n) is 4.06. The van der Waals surface area contributed by atoms with Crippen molar-refractivity contribution in [1.82, 2.24) is 9.97 Å². The smallest absolute Gasteiger partial charge is 0.543 e. The van der Waals surface area contributed by atoms with Gasteiger partial charge in [0.05, 0.1) is 33.4 Å². The Morgan fingerprint density at radius 2 is 1.26 bits per heavy atom. The molecule has 0 aliphatic heterocycles. The number of nitrogens with zero attached hydrogens (tertiary/aromatic N) is 2. The van der Waals surface area contributed by atoms with Crippen molar-refractivity contribution >= 4 is 81.3 Å². The summed E-state index contributed by atoms with van der Waals surface area (Å²) in [5.41, 5.74) is 9.63. The van der Waals surface area contributed by atoms with Gasteiger partial charge in [-0.3, -0.25) is 0 Å². The van der Waals surface area contributed by atoms with Gasteiger partial charge >= 0.3 is 103 Å². The molecule has 0 aromatic carbocycles. The van der Waals surface area contributed by atoms with Crippen molar-refractivity contribution in [3.8, 4) is 0 Å². The van der Waals surface area contributed by atoms with Gasteiger partial charge in [0.15, 0.2) is 5.15 Å². The molecule has 0 spiro atoms. The zero-order valence-electron chi connectivity index (χ0n) is 13.6. The molecule has 2 aromatic heterocycles. The van der Waals surface area contributed by atoms with Crippen LogP contribution in [0.4, 0.5) is 11.4 Å². The Hall–Kier alpha value is 1.56. The molecule has 2 rings (SSSR count). The van der Waals surface area contributed by atoms with Crippen molar-refractivity contribution in [2.45, 2.75) is 0 Å². The minimum atomic E-state index is -1.56. The third kappa shape index (κ3) is 8.68. The third-order valence-corrected chi connectivity index (χ3v) is 4.14. The molecule has 0 bridgehead atoms. The number of carbonyl (C=O) groups excluding carboxylic acids is 2. The fraction of sp³-hybridized carbons (Fsp3) is 0. The maximum Gasteiger partial charge on any atom is 1.00 e. The Kier molecular flexibility index (Phi) is 15.7. The average Bonchev–Trinajstić information content (AvgIpc) is 2.52. The normalized spacial score (nSPS) is 9.22. The van der Waals surface area contributed by atoms with E-state index in [4.69, 9.17) is 69.5 Å². The Morgan fingerprint density at radius 3 is 1.70 bits per heavy atom. The van der Waals surface area contributed by atoms with Crippen LogP contribution in [0, 0.1) is 0 Å². The monoisotopic (exact) mass is 522 g/mol. The number of nitrogen functional groups attached to an aromatic ring is 2. The standard InChI is InChI=1S/C6H3Cl3N2O2.C6H4Cl2N2O2.2K/c7-1-3(10)2(8)5(9)11-4(1)6(12)13;7-3-1-2(9)4(8)5(10-3)6(11)12;;/h(H2,10,11)(H,12,13);1H,(H2,9,10)(H,11,12);;/q;;2*+1/p-2. The van der Waals surface area contributed by atoms with Crippen LogP contribution in [-0.4, -0.2) is 21.9 Å². The second-order valence-corrected chi connectivity index (χ2v) is 5.94. The molecule has 4 N–H and O–H groups in total. The summed E-state index contributed by atoms with van der Waals surface area (Å²) in [6.45, 7) is 0. The van der Waals surface area contributed by atoms with Crippen LogP contribution in [0.15, 0.2) is 6.07 Å². The van der Waals surface area contributed by atoms with Gasteiger partial charge in [-0.25, -0.2) is 9.97 Å². The van der Waals surface area contributed by atoms with Gasteiger partial charge in [-0.2, -0.15) is 0 Å². The van der Waals surface area contributed by atoms with Gasteiger partial charge in [0.1, 0.15) is 21.6 Å². The van der Waals surface area contributed by atoms with Crippen molar-refractivity contribution < 1.29 is 123 Å². The number of carbonyl (C=O) groups is 2. The van der Waals surface area contributed by atoms with Crippen molar-refractivity contribution in [3.63, 3.8) is 0 Å². The Morgan fingerprint density at radius 1 is 0.815 bits per heavy atom. The molecule has 2 heterocycles. The molecule has 0 aliphatic rings. The van der Waals surface area contributed by atoms with Crippen LogP contribution in [0.2, 0.25) is 25.4 Å². The van der Waals surface area contributed by atoms with Gasteiger partial charge in [-0.05, 0) is 6.07 Å². The van der Waals surface area contributed by atoms with Crippen LogP contribution < -0.4 is 124 Å². The number of aromatic carboxylic acids is 2. The molecule has 0 unspecified atom stereocenters. The summed E-state index contributed by atoms with van der Waals surface area (Å²) in [4.78, 5) is 27.6. The first kappa shape index (κ1) is 30.8. The molecular weight excluding hydrogens is 520 g/mol. The van der Waals surface area contributed by atoms with Crippen LogP contribution in [0.3, 0.4) is 0 Å². The molecule has 8 nitrogen and oxygen atoms in total. The Bertz CT molecular complexity index is 872. The van der Waals surface area contributed by atoms with E-state index in [1.165, 1.54) is 6.07 Å². The van der Waals surface area contributed by atoms with Crippen LogP contribution in [0.5, 0.6) is 0 Å². The van der Waals surface area contributed by atoms with Crippen molar-refractivity contribution in [1.29, 1.82) is 0 Å². The summed E-state index contributed by atoms with van der Waals surface area (Å²) in [6, 6.07) is 1.26. The summed E-state index contributed by atoms with van der Waals surface area (Å²) in [7, 11) is 0. The zero-order valence-corrected chi connectivity index (χ0v) is 23.7. The zero-order chi connectivity index (χ0) is 19.5. The first-order chi connectivity index (χ1) is 11.5. The van der Waals surface area contributed by atoms with E-state index in [1.807, 2.05) is 0 Å². The molecule has 0 amide bonds. The number of aromatic nitrogens is 2. The predicted octanol–water partition coefficient (Wildman–Crippen LogP) is -4.67. The number of halogens is 5. The number of hydrogen-bond acceptors (Lipinski definition) is 8. The SMILES string of the molecule is Nc1c(Cl)c(Cl)nc(C(=O)[O-])c1Cl.Nc1cc(Cl)nc(C(=O)[O-])c1Cl.[K+].[K+]. The van der Waals surface area contributed by atoms with Crippen LogP contribution >= 0.6 is 58.0 Å². The number of hydrogen-bond donors (Lipinski definition) is 2. The van der Waals surface area contributed by atoms with E-state index in [1.54, 1.807) is 0 Å². The van der Waals surface area contributed by atoms with E-state index in [0.29, 0.717) is 0 Å². The van der Waals surface area contributed by atoms with Gasteiger partial charge in [0.25, 0.3) is 0 Å². The quantitative estimate of drug-likeness (QED) is 0.293. The van der Waals surface area contributed by atoms with E-state index in [-0.39, 0.29) is 140 Å². The van der Waals surface area contributed by atoms with E-state index in [2.05, 4.69) is 9.97 Å². The third-order valence-electron chi connectivity index (χ3n) is 2.41. The Labute approximate surface area is 263 Å². The molecule has 0 radical (unpaired) electrons. The maximum atomic E-state index is 10.4. The van der Waals surface area contributed by atoms with Crippen molar-refractivity contribution in [2.24, 2.45) is 0 Å². The first-order valence-corrected chi connectivity index (χ1v) is 7.70. The molecule has 2 aromatic rings. The van der Waals surface area contributed by atoms with E-state index < -0.39 is 23.3 Å². The number of pyridine rings is 2. The largest absolute Gasteiger partial charge is 1.00 e. The molecule has 27 heavy (non-hydrogen) atoms. The van der Waals surface area contributed by atoms with Crippen LogP contribution in [0.1, 0.15) is 21.0 Å². The van der Waals surface area contributed by atoms with Gasteiger partial charge in [0.2, 0.25) is 0 Å². The second kappa shape index (κ2) is 13.8. The topological polar surface area (TPSA) is 158 Å². The molecule has 0 atom stereocenters. The first-order valence-electron chi connectivity index (χ1n) is 5.81. The number of carboxylic acids is 2. The fourth-order valence-corrected chi connectivity index (χ4v) is 2.28. The van der Waals surface area contributed by atoms with Gasteiger partial charge in [-0.15, -0.1) is 0 Å². The molecule has 134 valence electrons. The van der Waals surface area contributed by atoms with Gasteiger partial charge in [-0.1, -0.05) is 58.0 Å². The Balaban J connectivity index is 0. The summed E-state index contributed by atoms with van der Waals surface area (Å²) >= 11 is 27.4. The number of rotatable bonds is 2. The van der Waals surface area contributed by atoms with E-state index in [9.17, 15) is 19.8 Å². The predicted molar refractivity (Wildman–Crippen MR) is 91.0 cm³/mol. The molecular formula is C12H5Cl5K2N4O4. The number of carboxylic acid groups (broad SMARTS) is 2. The molecule has 0 saturated carbocycles. The summed E-state index contributed by atoms with van der Waals surface area (Å²) in [5, 5.41) is 20.0. The maximum absolute atomic E-state index is 10.4. The van der Waals surface area contributed by atoms with E-state index in [0.717, 1.165) is 0 Å². The molecule has 0 aliphatic carbocycles. The summed E-state index contributed by atoms with van der Waals surface area (Å²) < 4.78 is 0. The number of anilines is 2. The minimum absolute atomic E-state index is 0. The average molecular weight is 525 g/mol. The number of nitrogens with two attached hydrogens (primary N) is 2. The van der Waals surface area contributed by atoms with Crippen LogP contribution in [-0.2, 0) is 0 Å². The summed E-state index contributed by atoms with van der Waals surface area (Å²) in [5.74, 6) is -3.07. The minimum Gasteiger partial charge on any atom is -0.543 e. The fourth-order valence-electron chi connectivity index (χ4n) is 1.32. The van der Waals surface area contributed by atoms with Gasteiger partial charge < -0.3 is 31.3 Å². The molecule has 0 fully saturated rings. The van der Waals surface area contributed by atoms with E-state index >= 15 is 0 Å². The summed E-state index contributed by atoms with van der Waals surface area (Å²) in [6.07, 6.45) is 0.